The van der Waals surface area contributed by atoms with Crippen LogP contribution in [0.5, 0.6) is 0 Å². The quantitative estimate of drug-likeness (QED) is 0.375. The highest BCUT2D eigenvalue weighted by Crippen LogP contribution is 2.41. The summed E-state index contributed by atoms with van der Waals surface area (Å²) >= 11 is 12.1. The molecule has 13 heteroatoms. The third kappa shape index (κ3) is 10.3. The normalized spacial score (nSPS) is 18.4. The first-order valence-electron chi connectivity index (χ1n) is 7.86. The van der Waals surface area contributed by atoms with Crippen molar-refractivity contribution in [1.82, 2.24) is 0 Å². The molecule has 0 unspecified atom stereocenters. The zero-order valence-corrected chi connectivity index (χ0v) is 17.8. The SMILES string of the molecule is N[C@H]1CC[C@@H](c2ccc(Cl)c(Cl)c2)c2ccccc21.O=S(=O)(O)O.O=S(=O)(O)O. The molecule has 3 rings (SSSR count). The fourth-order valence-electron chi connectivity index (χ4n) is 2.90. The van der Waals surface area contributed by atoms with Gasteiger partial charge in [-0.05, 0) is 41.7 Å². The molecular formula is C16H19Cl2NO8S2. The topological polar surface area (TPSA) is 175 Å². The number of benzene rings is 2. The van der Waals surface area contributed by atoms with E-state index in [9.17, 15) is 0 Å². The van der Waals surface area contributed by atoms with Crippen molar-refractivity contribution in [2.24, 2.45) is 5.73 Å². The molecular weight excluding hydrogens is 469 g/mol. The molecule has 9 nitrogen and oxygen atoms in total. The second kappa shape index (κ2) is 10.7. The Morgan fingerprint density at radius 2 is 1.28 bits per heavy atom. The molecule has 2 atom stereocenters. The average molecular weight is 488 g/mol. The van der Waals surface area contributed by atoms with Gasteiger partial charge in [0.15, 0.2) is 0 Å². The van der Waals surface area contributed by atoms with Gasteiger partial charge >= 0.3 is 20.8 Å². The number of hydrogen-bond donors (Lipinski definition) is 5. The standard InChI is InChI=1S/C16H15Cl2N.2H2O4S/c17-14-7-5-10(9-15(14)18)11-6-8-16(19)13-4-2-1-3-12(11)13;2*1-5(2,3)4/h1-5,7,9,11,16H,6,8,19H2;2*(H2,1,2,3,4)/t11-,16-;;/m0../s1. The molecule has 0 heterocycles. The number of hydrogen-bond acceptors (Lipinski definition) is 5. The third-order valence-corrected chi connectivity index (χ3v) is 4.62. The van der Waals surface area contributed by atoms with E-state index >= 15 is 0 Å². The van der Waals surface area contributed by atoms with Gasteiger partial charge in [-0.25, -0.2) is 0 Å². The molecule has 0 aliphatic heterocycles. The van der Waals surface area contributed by atoms with Gasteiger partial charge < -0.3 is 5.73 Å². The third-order valence-electron chi connectivity index (χ3n) is 3.88. The summed E-state index contributed by atoms with van der Waals surface area (Å²) in [5.41, 5.74) is 9.98. The summed E-state index contributed by atoms with van der Waals surface area (Å²) in [7, 11) is -9.33. The van der Waals surface area contributed by atoms with Crippen molar-refractivity contribution in [1.29, 1.82) is 0 Å². The number of nitrogens with two attached hydrogens (primary N) is 1. The molecule has 2 aromatic carbocycles. The number of halogens is 2. The lowest BCUT2D eigenvalue weighted by molar-refractivity contribution is 0.378. The molecule has 6 N–H and O–H groups in total. The molecule has 0 radical (unpaired) electrons. The smallest absolute Gasteiger partial charge is 0.324 e. The second-order valence-electron chi connectivity index (χ2n) is 5.93. The van der Waals surface area contributed by atoms with Crippen LogP contribution in [-0.4, -0.2) is 35.0 Å². The van der Waals surface area contributed by atoms with Crippen LogP contribution in [-0.2, 0) is 20.8 Å². The summed E-state index contributed by atoms with van der Waals surface area (Å²) in [4.78, 5) is 0. The minimum absolute atomic E-state index is 0.148. The molecule has 29 heavy (non-hydrogen) atoms. The highest BCUT2D eigenvalue weighted by Gasteiger charge is 2.26. The predicted molar refractivity (Wildman–Crippen MR) is 109 cm³/mol. The number of fused-ring (bicyclic) bond motifs is 1. The summed E-state index contributed by atoms with van der Waals surface area (Å²) in [6.45, 7) is 0. The molecule has 0 saturated carbocycles. The maximum atomic E-state index is 8.74. The lowest BCUT2D eigenvalue weighted by atomic mass is 9.77. The maximum Gasteiger partial charge on any atom is 0.394 e. The Morgan fingerprint density at radius 3 is 1.76 bits per heavy atom. The van der Waals surface area contributed by atoms with Gasteiger partial charge in [0.1, 0.15) is 0 Å². The summed E-state index contributed by atoms with van der Waals surface area (Å²) < 4.78 is 63.2. The van der Waals surface area contributed by atoms with E-state index in [-0.39, 0.29) is 6.04 Å². The Bertz CT molecular complexity index is 999. The summed E-state index contributed by atoms with van der Waals surface area (Å²) in [5.74, 6) is 0.366. The maximum absolute atomic E-state index is 8.74. The minimum atomic E-state index is -4.67. The zero-order chi connectivity index (χ0) is 22.4. The Balaban J connectivity index is 0.000000353. The van der Waals surface area contributed by atoms with Gasteiger partial charge in [-0.3, -0.25) is 18.2 Å². The van der Waals surface area contributed by atoms with E-state index in [4.69, 9.17) is 64.0 Å². The Labute approximate surface area is 178 Å². The van der Waals surface area contributed by atoms with Gasteiger partial charge in [0.25, 0.3) is 0 Å². The highest BCUT2D eigenvalue weighted by atomic mass is 35.5. The van der Waals surface area contributed by atoms with Gasteiger partial charge in [-0.1, -0.05) is 53.5 Å². The first-order valence-corrected chi connectivity index (χ1v) is 11.4. The fraction of sp³-hybridized carbons (Fsp3) is 0.250. The monoisotopic (exact) mass is 487 g/mol. The Kier molecular flexibility index (Phi) is 9.47. The van der Waals surface area contributed by atoms with Crippen molar-refractivity contribution in [3.63, 3.8) is 0 Å². The molecule has 162 valence electrons. The van der Waals surface area contributed by atoms with E-state index in [1.165, 1.54) is 16.7 Å². The van der Waals surface area contributed by atoms with E-state index in [0.29, 0.717) is 16.0 Å². The summed E-state index contributed by atoms with van der Waals surface area (Å²) in [6.07, 6.45) is 2.05. The lowest BCUT2D eigenvalue weighted by Gasteiger charge is -2.30. The molecule has 2 aromatic rings. The summed E-state index contributed by atoms with van der Waals surface area (Å²) in [6, 6.07) is 14.5. The minimum Gasteiger partial charge on any atom is -0.324 e. The molecule has 1 aliphatic carbocycles. The van der Waals surface area contributed by atoms with Crippen molar-refractivity contribution in [3.8, 4) is 0 Å². The van der Waals surface area contributed by atoms with Crippen LogP contribution in [0.2, 0.25) is 10.0 Å². The van der Waals surface area contributed by atoms with Crippen LogP contribution < -0.4 is 5.73 Å². The first kappa shape index (κ1) is 25.8. The van der Waals surface area contributed by atoms with Gasteiger partial charge in [0.05, 0.1) is 10.0 Å². The Hall–Kier alpha value is -1.28. The molecule has 0 bridgehead atoms. The van der Waals surface area contributed by atoms with E-state index < -0.39 is 20.8 Å². The Morgan fingerprint density at radius 1 is 0.793 bits per heavy atom. The highest BCUT2D eigenvalue weighted by molar-refractivity contribution is 7.80. The van der Waals surface area contributed by atoms with Gasteiger partial charge in [0.2, 0.25) is 0 Å². The van der Waals surface area contributed by atoms with Crippen LogP contribution in [0, 0.1) is 0 Å². The van der Waals surface area contributed by atoms with Crippen molar-refractivity contribution in [2.75, 3.05) is 0 Å². The average Bonchev–Trinajstić information content (AvgIpc) is 2.55. The second-order valence-corrected chi connectivity index (χ2v) is 8.54. The van der Waals surface area contributed by atoms with Crippen LogP contribution in [0.15, 0.2) is 42.5 Å². The molecule has 1 aliphatic rings. The van der Waals surface area contributed by atoms with E-state index in [1.54, 1.807) is 0 Å². The van der Waals surface area contributed by atoms with Crippen molar-refractivity contribution in [3.05, 3.63) is 69.2 Å². The van der Waals surface area contributed by atoms with Crippen LogP contribution >= 0.6 is 23.2 Å². The lowest BCUT2D eigenvalue weighted by Crippen LogP contribution is -2.20. The van der Waals surface area contributed by atoms with E-state index in [2.05, 4.69) is 30.3 Å². The fourth-order valence-corrected chi connectivity index (χ4v) is 3.21. The summed E-state index contributed by atoms with van der Waals surface area (Å²) in [5, 5.41) is 1.22. The van der Waals surface area contributed by atoms with Crippen molar-refractivity contribution < 1.29 is 35.0 Å². The molecule has 0 spiro atoms. The largest absolute Gasteiger partial charge is 0.394 e. The molecule has 0 aromatic heterocycles. The first-order chi connectivity index (χ1) is 13.2. The van der Waals surface area contributed by atoms with Crippen LogP contribution in [0.1, 0.15) is 41.5 Å². The van der Waals surface area contributed by atoms with Crippen LogP contribution in [0.4, 0.5) is 0 Å². The van der Waals surface area contributed by atoms with Crippen LogP contribution in [0.25, 0.3) is 0 Å². The number of rotatable bonds is 1. The van der Waals surface area contributed by atoms with Gasteiger partial charge in [-0.15, -0.1) is 0 Å². The van der Waals surface area contributed by atoms with Crippen LogP contribution in [0.3, 0.4) is 0 Å². The van der Waals surface area contributed by atoms with E-state index in [1.807, 2.05) is 12.1 Å². The zero-order valence-electron chi connectivity index (χ0n) is 14.7. The molecule has 0 amide bonds. The molecule has 0 saturated heterocycles. The molecule has 0 fully saturated rings. The van der Waals surface area contributed by atoms with Gasteiger partial charge in [0, 0.05) is 12.0 Å². The van der Waals surface area contributed by atoms with Crippen molar-refractivity contribution >= 4 is 44.0 Å². The van der Waals surface area contributed by atoms with Gasteiger partial charge in [-0.2, -0.15) is 16.8 Å². The van der Waals surface area contributed by atoms with Crippen molar-refractivity contribution in [2.45, 2.75) is 24.8 Å². The predicted octanol–water partition coefficient (Wildman–Crippen LogP) is 3.61. The van der Waals surface area contributed by atoms with E-state index in [0.717, 1.165) is 12.8 Å².